The first-order chi connectivity index (χ1) is 15.2. The average molecular weight is 539 g/mol. The number of hydrogen-bond donors (Lipinski definition) is 2. The summed E-state index contributed by atoms with van der Waals surface area (Å²) in [6.07, 6.45) is 2.32. The fourth-order valence-electron chi connectivity index (χ4n) is 3.05. The second-order valence-corrected chi connectivity index (χ2v) is 10.3. The molecule has 168 valence electrons. The molecule has 1 aromatic carbocycles. The number of rotatable bonds is 5. The highest BCUT2D eigenvalue weighted by atomic mass is 79.9. The third kappa shape index (κ3) is 5.86. The largest absolute Gasteiger partial charge is 0.379 e. The molecule has 1 aliphatic rings. The van der Waals surface area contributed by atoms with Gasteiger partial charge in [0.15, 0.2) is 0 Å². The Labute approximate surface area is 203 Å². The lowest BCUT2D eigenvalue weighted by Gasteiger charge is -2.26. The summed E-state index contributed by atoms with van der Waals surface area (Å²) in [5.74, 6) is -0.144. The van der Waals surface area contributed by atoms with Crippen molar-refractivity contribution < 1.29 is 14.3 Å². The van der Waals surface area contributed by atoms with E-state index in [2.05, 4.69) is 31.6 Å². The van der Waals surface area contributed by atoms with Crippen LogP contribution in [0.4, 0.5) is 11.4 Å². The molecule has 2 amide bonds. The molecule has 2 aromatic rings. The van der Waals surface area contributed by atoms with Gasteiger partial charge in [0.2, 0.25) is 12.1 Å². The topological polar surface area (TPSA) is 107 Å². The van der Waals surface area contributed by atoms with Crippen molar-refractivity contribution >= 4 is 67.9 Å². The summed E-state index contributed by atoms with van der Waals surface area (Å²) in [6, 6.07) is 8.56. The second-order valence-electron chi connectivity index (χ2n) is 7.45. The molecule has 0 unspecified atom stereocenters. The summed E-state index contributed by atoms with van der Waals surface area (Å²) in [5, 5.41) is 14.9. The van der Waals surface area contributed by atoms with Gasteiger partial charge in [0.25, 0.3) is 5.91 Å². The molecule has 0 bridgehead atoms. The number of amides is 2. The first-order valence-corrected chi connectivity index (χ1v) is 11.7. The molecular weight excluding hydrogens is 518 g/mol. The van der Waals surface area contributed by atoms with Crippen molar-refractivity contribution in [2.75, 3.05) is 30.0 Å². The van der Waals surface area contributed by atoms with E-state index in [1.165, 1.54) is 11.3 Å². The standard InChI is InChI=1S/C21H21BrClN5O3S/c1-21(2,27-19(29)16-5-6-17(22)32-16)20(30)26-13-3-4-15(14(23)11-13)28-8-10-31-9-7-18(28)25-12-24/h3-6,11H,7-10H2,1-2H3,(H,26,30)(H,27,29). The van der Waals surface area contributed by atoms with Gasteiger partial charge in [-0.25, -0.2) is 0 Å². The van der Waals surface area contributed by atoms with E-state index in [4.69, 9.17) is 21.6 Å². The third-order valence-corrected chi connectivity index (χ3v) is 6.63. The van der Waals surface area contributed by atoms with Gasteiger partial charge in [-0.05, 0) is 60.1 Å². The summed E-state index contributed by atoms with van der Waals surface area (Å²) < 4.78 is 6.31. The highest BCUT2D eigenvalue weighted by Crippen LogP contribution is 2.31. The number of hydrogen-bond acceptors (Lipinski definition) is 6. The molecule has 1 saturated heterocycles. The summed E-state index contributed by atoms with van der Waals surface area (Å²) in [6.45, 7) is 4.71. The molecule has 32 heavy (non-hydrogen) atoms. The normalized spacial score (nSPS) is 15.7. The number of aliphatic imine (C=N–C) groups is 1. The van der Waals surface area contributed by atoms with Gasteiger partial charge in [-0.1, -0.05) is 11.6 Å². The number of benzene rings is 1. The van der Waals surface area contributed by atoms with Crippen LogP contribution in [0.5, 0.6) is 0 Å². The van der Waals surface area contributed by atoms with Crippen molar-refractivity contribution in [2.24, 2.45) is 4.99 Å². The molecule has 1 aromatic heterocycles. The first kappa shape index (κ1) is 24.2. The van der Waals surface area contributed by atoms with E-state index in [9.17, 15) is 9.59 Å². The monoisotopic (exact) mass is 537 g/mol. The fourth-order valence-corrected chi connectivity index (χ4v) is 4.61. The molecule has 1 aliphatic heterocycles. The highest BCUT2D eigenvalue weighted by molar-refractivity contribution is 9.11. The maximum absolute atomic E-state index is 12.8. The summed E-state index contributed by atoms with van der Waals surface area (Å²) >= 11 is 11.1. The van der Waals surface area contributed by atoms with Gasteiger partial charge in [-0.2, -0.15) is 10.3 Å². The molecule has 8 nitrogen and oxygen atoms in total. The number of carbonyl (C=O) groups excluding carboxylic acids is 2. The Morgan fingerprint density at radius 2 is 2.09 bits per heavy atom. The molecule has 0 saturated carbocycles. The molecule has 0 aliphatic carbocycles. The van der Waals surface area contributed by atoms with Gasteiger partial charge < -0.3 is 20.3 Å². The number of nitrogens with one attached hydrogen (secondary N) is 2. The third-order valence-electron chi connectivity index (χ3n) is 4.71. The number of nitrogens with zero attached hydrogens (tertiary/aromatic N) is 3. The Bertz CT molecular complexity index is 1100. The van der Waals surface area contributed by atoms with Gasteiger partial charge in [0, 0.05) is 18.7 Å². The lowest BCUT2D eigenvalue weighted by atomic mass is 10.0. The molecule has 3 rings (SSSR count). The molecule has 2 heterocycles. The lowest BCUT2D eigenvalue weighted by molar-refractivity contribution is -0.120. The Morgan fingerprint density at radius 3 is 2.75 bits per heavy atom. The van der Waals surface area contributed by atoms with Gasteiger partial charge in [-0.15, -0.1) is 11.3 Å². The second kappa shape index (κ2) is 10.4. The maximum atomic E-state index is 12.8. The predicted molar refractivity (Wildman–Crippen MR) is 129 cm³/mol. The van der Waals surface area contributed by atoms with Crippen LogP contribution in [-0.4, -0.2) is 42.9 Å². The number of ether oxygens (including phenoxy) is 1. The summed E-state index contributed by atoms with van der Waals surface area (Å²) in [4.78, 5) is 31.5. The smallest absolute Gasteiger partial charge is 0.262 e. The van der Waals surface area contributed by atoms with Crippen molar-refractivity contribution in [3.05, 3.63) is 44.0 Å². The summed E-state index contributed by atoms with van der Waals surface area (Å²) in [5.41, 5.74) is -0.0113. The minimum atomic E-state index is -1.16. The minimum Gasteiger partial charge on any atom is -0.379 e. The van der Waals surface area contributed by atoms with Crippen molar-refractivity contribution in [1.29, 1.82) is 5.26 Å². The zero-order chi connectivity index (χ0) is 23.3. The Balaban J connectivity index is 1.73. The van der Waals surface area contributed by atoms with Crippen LogP contribution in [0, 0.1) is 11.5 Å². The molecule has 2 N–H and O–H groups in total. The van der Waals surface area contributed by atoms with Crippen LogP contribution < -0.4 is 15.5 Å². The van der Waals surface area contributed by atoms with Crippen molar-refractivity contribution in [2.45, 2.75) is 25.8 Å². The zero-order valence-corrected chi connectivity index (χ0v) is 20.6. The number of halogens is 2. The van der Waals surface area contributed by atoms with Crippen LogP contribution in [0.25, 0.3) is 0 Å². The first-order valence-electron chi connectivity index (χ1n) is 9.71. The van der Waals surface area contributed by atoms with Gasteiger partial charge in [0.05, 0.1) is 32.6 Å². The number of thiophene rings is 1. The van der Waals surface area contributed by atoms with Crippen LogP contribution in [0.2, 0.25) is 5.02 Å². The van der Waals surface area contributed by atoms with Gasteiger partial charge in [0.1, 0.15) is 11.4 Å². The van der Waals surface area contributed by atoms with E-state index in [1.54, 1.807) is 44.2 Å². The molecule has 1 fully saturated rings. The number of nitriles is 1. The number of carbonyl (C=O) groups is 2. The number of anilines is 2. The van der Waals surface area contributed by atoms with E-state index in [1.807, 2.05) is 11.1 Å². The van der Waals surface area contributed by atoms with Crippen LogP contribution in [0.15, 0.2) is 39.1 Å². The van der Waals surface area contributed by atoms with Crippen LogP contribution in [0.1, 0.15) is 29.9 Å². The molecule has 11 heteroatoms. The fraction of sp³-hybridized carbons (Fsp3) is 0.333. The van der Waals surface area contributed by atoms with Crippen molar-refractivity contribution in [3.63, 3.8) is 0 Å². The Morgan fingerprint density at radius 1 is 1.31 bits per heavy atom. The van der Waals surface area contributed by atoms with Crippen LogP contribution >= 0.6 is 38.9 Å². The number of amidine groups is 1. The van der Waals surface area contributed by atoms with Crippen molar-refractivity contribution in [3.8, 4) is 6.19 Å². The summed E-state index contributed by atoms with van der Waals surface area (Å²) in [7, 11) is 0. The minimum absolute atomic E-state index is 0.332. The lowest BCUT2D eigenvalue weighted by Crippen LogP contribution is -2.52. The quantitative estimate of drug-likeness (QED) is 0.548. The van der Waals surface area contributed by atoms with E-state index in [-0.39, 0.29) is 11.8 Å². The van der Waals surface area contributed by atoms with Crippen LogP contribution in [-0.2, 0) is 9.53 Å². The molecular formula is C21H21BrClN5O3S. The predicted octanol–water partition coefficient (Wildman–Crippen LogP) is 4.42. The van der Waals surface area contributed by atoms with Crippen LogP contribution in [0.3, 0.4) is 0 Å². The SMILES string of the molecule is CC(C)(NC(=O)c1ccc(Br)s1)C(=O)Nc1ccc(N2CCOCCC2=NC#N)c(Cl)c1. The molecule has 0 atom stereocenters. The van der Waals surface area contributed by atoms with Gasteiger partial charge in [-0.3, -0.25) is 9.59 Å². The van der Waals surface area contributed by atoms with E-state index in [0.717, 1.165) is 3.79 Å². The van der Waals surface area contributed by atoms with E-state index in [0.29, 0.717) is 53.3 Å². The molecule has 0 spiro atoms. The average Bonchev–Trinajstić information content (AvgIpc) is 3.04. The zero-order valence-electron chi connectivity index (χ0n) is 17.4. The van der Waals surface area contributed by atoms with E-state index >= 15 is 0 Å². The maximum Gasteiger partial charge on any atom is 0.262 e. The van der Waals surface area contributed by atoms with E-state index < -0.39 is 5.54 Å². The van der Waals surface area contributed by atoms with Gasteiger partial charge >= 0.3 is 0 Å². The highest BCUT2D eigenvalue weighted by Gasteiger charge is 2.30. The Hall–Kier alpha value is -2.45. The molecule has 0 radical (unpaired) electrons. The Kier molecular flexibility index (Phi) is 7.90. The van der Waals surface area contributed by atoms with Crippen molar-refractivity contribution in [1.82, 2.24) is 5.32 Å².